The SMILES string of the molecule is CC(C)Oc1ccc(NC(O)C2(O)CCN(S(=O)(=O)c3ccccc3Cl)CC2)cc1. The number of halogens is 1. The van der Waals surface area contributed by atoms with Crippen LogP contribution in [0, 0.1) is 0 Å². The summed E-state index contributed by atoms with van der Waals surface area (Å²) >= 11 is 6.05. The van der Waals surface area contributed by atoms with Gasteiger partial charge in [-0.15, -0.1) is 0 Å². The van der Waals surface area contributed by atoms with E-state index in [1.165, 1.54) is 16.4 Å². The maximum Gasteiger partial charge on any atom is 0.244 e. The molecule has 30 heavy (non-hydrogen) atoms. The van der Waals surface area contributed by atoms with E-state index in [1.807, 2.05) is 13.8 Å². The normalized spacial score (nSPS) is 18.2. The van der Waals surface area contributed by atoms with Crippen LogP contribution in [0.3, 0.4) is 0 Å². The number of aliphatic hydroxyl groups excluding tert-OH is 1. The van der Waals surface area contributed by atoms with E-state index >= 15 is 0 Å². The van der Waals surface area contributed by atoms with Crippen LogP contribution in [0.1, 0.15) is 26.7 Å². The zero-order chi connectivity index (χ0) is 21.9. The first-order valence-electron chi connectivity index (χ1n) is 9.80. The molecule has 2 aromatic rings. The molecule has 0 saturated carbocycles. The molecular formula is C21H27ClN2O5S. The van der Waals surface area contributed by atoms with E-state index in [2.05, 4.69) is 5.32 Å². The Bertz CT molecular complexity index is 958. The Morgan fingerprint density at radius 3 is 2.27 bits per heavy atom. The smallest absolute Gasteiger partial charge is 0.244 e. The lowest BCUT2D eigenvalue weighted by Gasteiger charge is -2.40. The lowest BCUT2D eigenvalue weighted by Crippen LogP contribution is -2.55. The Morgan fingerprint density at radius 2 is 1.70 bits per heavy atom. The zero-order valence-electron chi connectivity index (χ0n) is 17.0. The fraction of sp³-hybridized carbons (Fsp3) is 0.429. The summed E-state index contributed by atoms with van der Waals surface area (Å²) in [5, 5.41) is 24.5. The van der Waals surface area contributed by atoms with E-state index in [0.29, 0.717) is 11.4 Å². The average Bonchev–Trinajstić information content (AvgIpc) is 2.69. The molecule has 0 aliphatic carbocycles. The highest BCUT2D eigenvalue weighted by Gasteiger charge is 2.42. The van der Waals surface area contributed by atoms with Gasteiger partial charge in [0.25, 0.3) is 0 Å². The molecule has 1 fully saturated rings. The summed E-state index contributed by atoms with van der Waals surface area (Å²) in [5.41, 5.74) is -0.835. The van der Waals surface area contributed by atoms with Gasteiger partial charge in [-0.05, 0) is 63.1 Å². The lowest BCUT2D eigenvalue weighted by molar-refractivity contribution is -0.0886. The second-order valence-electron chi connectivity index (χ2n) is 7.68. The minimum Gasteiger partial charge on any atom is -0.491 e. The maximum absolute atomic E-state index is 12.9. The van der Waals surface area contributed by atoms with Crippen LogP contribution in [0.2, 0.25) is 5.02 Å². The topological polar surface area (TPSA) is 99.1 Å². The third-order valence-electron chi connectivity index (χ3n) is 5.08. The van der Waals surface area contributed by atoms with E-state index in [9.17, 15) is 18.6 Å². The number of nitrogens with zero attached hydrogens (tertiary/aromatic N) is 1. The Labute approximate surface area is 182 Å². The number of anilines is 1. The van der Waals surface area contributed by atoms with Gasteiger partial charge in [0.1, 0.15) is 16.2 Å². The highest BCUT2D eigenvalue weighted by atomic mass is 35.5. The molecular weight excluding hydrogens is 428 g/mol. The van der Waals surface area contributed by atoms with Gasteiger partial charge in [0.15, 0.2) is 6.23 Å². The average molecular weight is 455 g/mol. The molecule has 7 nitrogen and oxygen atoms in total. The molecule has 0 radical (unpaired) electrons. The summed E-state index contributed by atoms with van der Waals surface area (Å²) < 4.78 is 32.6. The third kappa shape index (κ3) is 5.07. The molecule has 1 saturated heterocycles. The highest BCUT2D eigenvalue weighted by molar-refractivity contribution is 7.89. The first-order valence-corrected chi connectivity index (χ1v) is 11.6. The van der Waals surface area contributed by atoms with Crippen molar-refractivity contribution in [2.75, 3.05) is 18.4 Å². The Hall–Kier alpha value is -1.84. The van der Waals surface area contributed by atoms with Crippen LogP contribution in [0.25, 0.3) is 0 Å². The fourth-order valence-corrected chi connectivity index (χ4v) is 5.31. The number of hydrogen-bond donors (Lipinski definition) is 3. The van der Waals surface area contributed by atoms with Crippen LogP contribution in [0.4, 0.5) is 5.69 Å². The van der Waals surface area contributed by atoms with Gasteiger partial charge in [0.05, 0.1) is 11.1 Å². The molecule has 0 bridgehead atoms. The minimum absolute atomic E-state index is 0.0412. The Morgan fingerprint density at radius 1 is 1.10 bits per heavy atom. The first-order chi connectivity index (χ1) is 14.1. The van der Waals surface area contributed by atoms with Gasteiger partial charge in [-0.25, -0.2) is 8.42 Å². The van der Waals surface area contributed by atoms with Crippen LogP contribution >= 0.6 is 11.6 Å². The summed E-state index contributed by atoms with van der Waals surface area (Å²) in [6.07, 6.45) is -1.03. The first kappa shape index (κ1) is 22.8. The molecule has 2 aromatic carbocycles. The second-order valence-corrected chi connectivity index (χ2v) is 9.99. The van der Waals surface area contributed by atoms with Crippen molar-refractivity contribution in [3.8, 4) is 5.75 Å². The predicted molar refractivity (Wildman–Crippen MR) is 116 cm³/mol. The molecule has 1 aliphatic heterocycles. The van der Waals surface area contributed by atoms with Crippen LogP contribution in [0.15, 0.2) is 53.4 Å². The van der Waals surface area contributed by atoms with E-state index in [4.69, 9.17) is 16.3 Å². The van der Waals surface area contributed by atoms with Crippen LogP contribution in [0.5, 0.6) is 5.75 Å². The number of ether oxygens (including phenoxy) is 1. The molecule has 1 heterocycles. The number of aliphatic hydroxyl groups is 2. The molecule has 164 valence electrons. The molecule has 1 unspecified atom stereocenters. The van der Waals surface area contributed by atoms with Crippen molar-refractivity contribution in [3.63, 3.8) is 0 Å². The van der Waals surface area contributed by atoms with Crippen LogP contribution in [-0.4, -0.2) is 54.0 Å². The van der Waals surface area contributed by atoms with Gasteiger partial charge in [0, 0.05) is 18.8 Å². The quantitative estimate of drug-likeness (QED) is 0.556. The summed E-state index contributed by atoms with van der Waals surface area (Å²) in [6.45, 7) is 4.02. The van der Waals surface area contributed by atoms with Crippen molar-refractivity contribution >= 4 is 27.3 Å². The zero-order valence-corrected chi connectivity index (χ0v) is 18.5. The second kappa shape index (κ2) is 9.11. The Kier molecular flexibility index (Phi) is 6.94. The van der Waals surface area contributed by atoms with E-state index in [-0.39, 0.29) is 42.0 Å². The molecule has 3 rings (SSSR count). The summed E-state index contributed by atoms with van der Waals surface area (Å²) in [4.78, 5) is 0.0412. The van der Waals surface area contributed by atoms with Crippen molar-refractivity contribution in [3.05, 3.63) is 53.6 Å². The third-order valence-corrected chi connectivity index (χ3v) is 7.48. The van der Waals surface area contributed by atoms with Gasteiger partial charge < -0.3 is 20.3 Å². The number of nitrogens with one attached hydrogen (secondary N) is 1. The van der Waals surface area contributed by atoms with Gasteiger partial charge in [-0.3, -0.25) is 0 Å². The van der Waals surface area contributed by atoms with E-state index < -0.39 is 21.9 Å². The Balaban J connectivity index is 1.63. The van der Waals surface area contributed by atoms with Crippen LogP contribution in [-0.2, 0) is 10.0 Å². The predicted octanol–water partition coefficient (Wildman–Crippen LogP) is 3.07. The number of hydrogen-bond acceptors (Lipinski definition) is 6. The van der Waals surface area contributed by atoms with Crippen LogP contribution < -0.4 is 10.1 Å². The van der Waals surface area contributed by atoms with Crippen molar-refractivity contribution in [1.82, 2.24) is 4.31 Å². The maximum atomic E-state index is 12.9. The molecule has 9 heteroatoms. The number of piperidine rings is 1. The molecule has 3 N–H and O–H groups in total. The molecule has 0 spiro atoms. The highest BCUT2D eigenvalue weighted by Crippen LogP contribution is 2.32. The number of sulfonamides is 1. The summed E-state index contributed by atoms with van der Waals surface area (Å²) in [5.74, 6) is 0.710. The van der Waals surface area contributed by atoms with Crippen molar-refractivity contribution in [2.24, 2.45) is 0 Å². The number of benzene rings is 2. The molecule has 1 aliphatic rings. The summed E-state index contributed by atoms with van der Waals surface area (Å²) in [6, 6.07) is 13.3. The van der Waals surface area contributed by atoms with Gasteiger partial charge in [-0.1, -0.05) is 23.7 Å². The minimum atomic E-state index is -3.77. The van der Waals surface area contributed by atoms with Crippen molar-refractivity contribution < 1.29 is 23.4 Å². The molecule has 0 amide bonds. The number of rotatable bonds is 7. The van der Waals surface area contributed by atoms with Crippen molar-refractivity contribution in [1.29, 1.82) is 0 Å². The van der Waals surface area contributed by atoms with Crippen molar-refractivity contribution in [2.45, 2.75) is 49.5 Å². The lowest BCUT2D eigenvalue weighted by atomic mass is 9.90. The summed E-state index contributed by atoms with van der Waals surface area (Å²) in [7, 11) is -3.77. The fourth-order valence-electron chi connectivity index (χ4n) is 3.37. The van der Waals surface area contributed by atoms with Gasteiger partial charge >= 0.3 is 0 Å². The van der Waals surface area contributed by atoms with Gasteiger partial charge in [-0.2, -0.15) is 4.31 Å². The molecule has 0 aromatic heterocycles. The largest absolute Gasteiger partial charge is 0.491 e. The molecule has 1 atom stereocenters. The standard InChI is InChI=1S/C21H27ClN2O5S/c1-15(2)29-17-9-7-16(8-10-17)23-20(25)21(26)11-13-24(14-12-21)30(27,28)19-6-4-3-5-18(19)22/h3-10,15,20,23,25-26H,11-14H2,1-2H3. The van der Waals surface area contributed by atoms with Gasteiger partial charge in [0.2, 0.25) is 10.0 Å². The van der Waals surface area contributed by atoms with E-state index in [0.717, 1.165) is 0 Å². The van der Waals surface area contributed by atoms with E-state index in [1.54, 1.807) is 36.4 Å². The monoisotopic (exact) mass is 454 g/mol.